The topological polar surface area (TPSA) is 50.8 Å². The van der Waals surface area contributed by atoms with Gasteiger partial charge in [-0.25, -0.2) is 4.98 Å². The van der Waals surface area contributed by atoms with Crippen molar-refractivity contribution in [1.29, 1.82) is 5.26 Å². The molecule has 3 aromatic carbocycles. The Hall–Kier alpha value is -3.55. The molecule has 30 heavy (non-hydrogen) atoms. The minimum Gasteiger partial charge on any atom is -0.496 e. The van der Waals surface area contributed by atoms with Crippen molar-refractivity contribution >= 4 is 12.4 Å². The second-order valence-corrected chi connectivity index (χ2v) is 6.90. The second kappa shape index (κ2) is 9.78. The Morgan fingerprint density at radius 2 is 1.63 bits per heavy atom. The third-order valence-electron chi connectivity index (χ3n) is 4.99. The number of rotatable bonds is 6. The van der Waals surface area contributed by atoms with Gasteiger partial charge in [-0.15, -0.1) is 12.4 Å². The quantitative estimate of drug-likeness (QED) is 0.418. The smallest absolute Gasteiger partial charge is 0.126 e. The number of benzene rings is 3. The molecular weight excluding hydrogens is 394 g/mol. The van der Waals surface area contributed by atoms with Gasteiger partial charge in [-0.3, -0.25) is 0 Å². The van der Waals surface area contributed by atoms with Crippen molar-refractivity contribution in [3.8, 4) is 22.9 Å². The lowest BCUT2D eigenvalue weighted by atomic mass is 10.0. The van der Waals surface area contributed by atoms with Crippen molar-refractivity contribution in [2.45, 2.75) is 13.0 Å². The second-order valence-electron chi connectivity index (χ2n) is 6.90. The van der Waals surface area contributed by atoms with Crippen molar-refractivity contribution in [2.24, 2.45) is 0 Å². The highest BCUT2D eigenvalue weighted by Gasteiger charge is 2.07. The van der Waals surface area contributed by atoms with E-state index in [-0.39, 0.29) is 12.4 Å². The van der Waals surface area contributed by atoms with Gasteiger partial charge in [0.15, 0.2) is 0 Å². The highest BCUT2D eigenvalue weighted by Crippen LogP contribution is 2.29. The summed E-state index contributed by atoms with van der Waals surface area (Å²) in [6, 6.07) is 26.5. The molecule has 0 fully saturated rings. The van der Waals surface area contributed by atoms with Crippen LogP contribution in [-0.2, 0) is 13.0 Å². The van der Waals surface area contributed by atoms with Crippen LogP contribution in [0.4, 0.5) is 0 Å². The molecule has 0 amide bonds. The molecule has 4 nitrogen and oxygen atoms in total. The molecule has 0 unspecified atom stereocenters. The summed E-state index contributed by atoms with van der Waals surface area (Å²) in [6.45, 7) is 0.762. The molecule has 0 spiro atoms. The number of aromatic nitrogens is 2. The van der Waals surface area contributed by atoms with Crippen LogP contribution in [0.15, 0.2) is 85.3 Å². The Bertz CT molecular complexity index is 1140. The molecule has 0 saturated heterocycles. The van der Waals surface area contributed by atoms with Crippen molar-refractivity contribution in [3.63, 3.8) is 0 Å². The van der Waals surface area contributed by atoms with Gasteiger partial charge >= 0.3 is 0 Å². The van der Waals surface area contributed by atoms with E-state index < -0.39 is 0 Å². The first-order valence-electron chi connectivity index (χ1n) is 9.47. The van der Waals surface area contributed by atoms with Gasteiger partial charge in [-0.1, -0.05) is 54.6 Å². The number of methoxy groups -OCH3 is 1. The Kier molecular flexibility index (Phi) is 6.90. The Morgan fingerprint density at radius 3 is 2.33 bits per heavy atom. The number of hydrogen-bond donors (Lipinski definition) is 0. The predicted octanol–water partition coefficient (Wildman–Crippen LogP) is 5.49. The van der Waals surface area contributed by atoms with Crippen LogP contribution in [-0.4, -0.2) is 16.7 Å². The lowest BCUT2D eigenvalue weighted by Crippen LogP contribution is -2.04. The van der Waals surface area contributed by atoms with Gasteiger partial charge in [-0.05, 0) is 34.9 Å². The highest BCUT2D eigenvalue weighted by molar-refractivity contribution is 5.85. The van der Waals surface area contributed by atoms with E-state index in [1.807, 2.05) is 55.0 Å². The third kappa shape index (κ3) is 4.71. The first-order chi connectivity index (χ1) is 14.3. The van der Waals surface area contributed by atoms with E-state index in [2.05, 4.69) is 46.0 Å². The molecule has 5 heteroatoms. The molecule has 4 aromatic rings. The average Bonchev–Trinajstić information content (AvgIpc) is 3.21. The summed E-state index contributed by atoms with van der Waals surface area (Å²) in [5.41, 5.74) is 6.42. The molecule has 0 bridgehead atoms. The van der Waals surface area contributed by atoms with Gasteiger partial charge in [0.1, 0.15) is 5.75 Å². The summed E-state index contributed by atoms with van der Waals surface area (Å²) in [4.78, 5) is 4.33. The highest BCUT2D eigenvalue weighted by atomic mass is 35.5. The van der Waals surface area contributed by atoms with Gasteiger partial charge in [0, 0.05) is 30.4 Å². The zero-order valence-electron chi connectivity index (χ0n) is 16.7. The number of hydrogen-bond acceptors (Lipinski definition) is 3. The molecular formula is C25H22ClN3O. The van der Waals surface area contributed by atoms with Crippen LogP contribution < -0.4 is 4.74 Å². The van der Waals surface area contributed by atoms with E-state index in [1.54, 1.807) is 7.11 Å². The van der Waals surface area contributed by atoms with Crippen LogP contribution in [0.1, 0.15) is 22.4 Å². The molecule has 0 N–H and O–H groups in total. The predicted molar refractivity (Wildman–Crippen MR) is 121 cm³/mol. The molecule has 1 aromatic heterocycles. The van der Waals surface area contributed by atoms with Crippen LogP contribution in [0, 0.1) is 11.3 Å². The fourth-order valence-electron chi connectivity index (χ4n) is 3.41. The minimum absolute atomic E-state index is 0. The number of para-hydroxylation sites is 1. The average molecular weight is 416 g/mol. The number of halogens is 1. The Balaban J connectivity index is 0.00000256. The summed E-state index contributed by atoms with van der Waals surface area (Å²) < 4.78 is 7.63. The van der Waals surface area contributed by atoms with Crippen LogP contribution >= 0.6 is 12.4 Å². The minimum atomic E-state index is 0. The molecule has 150 valence electrons. The number of nitriles is 1. The molecule has 0 saturated carbocycles. The molecule has 0 radical (unpaired) electrons. The van der Waals surface area contributed by atoms with Crippen LogP contribution in [0.25, 0.3) is 11.1 Å². The Morgan fingerprint density at radius 1 is 0.933 bits per heavy atom. The first-order valence-corrected chi connectivity index (χ1v) is 9.47. The van der Waals surface area contributed by atoms with E-state index in [0.717, 1.165) is 41.1 Å². The maximum atomic E-state index is 8.94. The lowest BCUT2D eigenvalue weighted by molar-refractivity contribution is 0.416. The number of nitrogens with zero attached hydrogens (tertiary/aromatic N) is 3. The van der Waals surface area contributed by atoms with Crippen LogP contribution in [0.2, 0.25) is 0 Å². The van der Waals surface area contributed by atoms with Gasteiger partial charge in [0.2, 0.25) is 0 Å². The molecule has 0 atom stereocenters. The van der Waals surface area contributed by atoms with Gasteiger partial charge in [0.25, 0.3) is 0 Å². The molecule has 0 aliphatic carbocycles. The van der Waals surface area contributed by atoms with Crippen molar-refractivity contribution < 1.29 is 4.74 Å². The zero-order chi connectivity index (χ0) is 20.1. The van der Waals surface area contributed by atoms with Gasteiger partial charge < -0.3 is 9.30 Å². The van der Waals surface area contributed by atoms with E-state index in [0.29, 0.717) is 5.56 Å². The summed E-state index contributed by atoms with van der Waals surface area (Å²) in [5.74, 6) is 0.875. The number of imidazole rings is 1. The standard InChI is InChI=1S/C25H21N3O.ClH/c1-29-25-5-3-2-4-24(25)22-12-10-21(11-13-22)17-28-18-27-16-23(28)14-19-6-8-20(15-26)9-7-19;/h2-13,16,18H,14,17H2,1H3;1H. The van der Waals surface area contributed by atoms with Gasteiger partial charge in [0.05, 0.1) is 25.1 Å². The molecule has 4 rings (SSSR count). The summed E-state index contributed by atoms with van der Waals surface area (Å²) >= 11 is 0. The zero-order valence-corrected chi connectivity index (χ0v) is 17.5. The fraction of sp³-hybridized carbons (Fsp3) is 0.120. The molecule has 0 aliphatic heterocycles. The molecule has 0 aliphatic rings. The Labute approximate surface area is 182 Å². The number of ether oxygens (including phenoxy) is 1. The maximum Gasteiger partial charge on any atom is 0.126 e. The van der Waals surface area contributed by atoms with Crippen LogP contribution in [0.3, 0.4) is 0 Å². The monoisotopic (exact) mass is 415 g/mol. The SMILES string of the molecule is COc1ccccc1-c1ccc(Cn2cncc2Cc2ccc(C#N)cc2)cc1.Cl. The summed E-state index contributed by atoms with van der Waals surface area (Å²) in [5, 5.41) is 8.94. The van der Waals surface area contributed by atoms with Crippen molar-refractivity contribution in [2.75, 3.05) is 7.11 Å². The van der Waals surface area contributed by atoms with Crippen molar-refractivity contribution in [3.05, 3.63) is 108 Å². The maximum absolute atomic E-state index is 8.94. The van der Waals surface area contributed by atoms with Crippen LogP contribution in [0.5, 0.6) is 5.75 Å². The third-order valence-corrected chi connectivity index (χ3v) is 4.99. The van der Waals surface area contributed by atoms with E-state index in [1.165, 1.54) is 5.56 Å². The normalized spacial score (nSPS) is 10.1. The van der Waals surface area contributed by atoms with E-state index in [4.69, 9.17) is 10.00 Å². The summed E-state index contributed by atoms with van der Waals surface area (Å²) in [7, 11) is 1.70. The van der Waals surface area contributed by atoms with E-state index in [9.17, 15) is 0 Å². The van der Waals surface area contributed by atoms with Gasteiger partial charge in [-0.2, -0.15) is 5.26 Å². The fourth-order valence-corrected chi connectivity index (χ4v) is 3.41. The summed E-state index contributed by atoms with van der Waals surface area (Å²) in [6.07, 6.45) is 4.56. The first kappa shape index (κ1) is 21.2. The largest absolute Gasteiger partial charge is 0.496 e. The van der Waals surface area contributed by atoms with Crippen molar-refractivity contribution in [1.82, 2.24) is 9.55 Å². The van der Waals surface area contributed by atoms with E-state index >= 15 is 0 Å². The molecule has 1 heterocycles. The lowest BCUT2D eigenvalue weighted by Gasteiger charge is -2.11.